The highest BCUT2D eigenvalue weighted by Gasteiger charge is 2.16. The first-order chi connectivity index (χ1) is 16.9. The third kappa shape index (κ3) is 5.19. The van der Waals surface area contributed by atoms with Gasteiger partial charge in [0.05, 0.1) is 0 Å². The van der Waals surface area contributed by atoms with E-state index in [2.05, 4.69) is 6.58 Å². The van der Waals surface area contributed by atoms with E-state index in [0.29, 0.717) is 16.7 Å². The van der Waals surface area contributed by atoms with Crippen molar-refractivity contribution in [1.29, 1.82) is 0 Å². The number of rotatable bonds is 7. The fourth-order valence-corrected chi connectivity index (χ4v) is 3.62. The van der Waals surface area contributed by atoms with E-state index in [1.165, 1.54) is 30.4 Å². The van der Waals surface area contributed by atoms with E-state index in [-0.39, 0.29) is 29.0 Å². The van der Waals surface area contributed by atoms with Gasteiger partial charge < -0.3 is 4.74 Å². The van der Waals surface area contributed by atoms with Crippen LogP contribution in [0.2, 0.25) is 0 Å². The summed E-state index contributed by atoms with van der Waals surface area (Å²) in [4.78, 5) is 0. The lowest BCUT2D eigenvalue weighted by molar-refractivity contribution is 0.333. The van der Waals surface area contributed by atoms with Crippen molar-refractivity contribution in [3.05, 3.63) is 125 Å². The van der Waals surface area contributed by atoms with E-state index < -0.39 is 23.3 Å². The molecule has 1 nitrogen and oxygen atoms in total. The zero-order chi connectivity index (χ0) is 24.9. The molecule has 5 heteroatoms. The van der Waals surface area contributed by atoms with Crippen LogP contribution in [-0.4, -0.2) is 6.61 Å². The first-order valence-corrected chi connectivity index (χ1v) is 10.9. The van der Waals surface area contributed by atoms with Gasteiger partial charge in [-0.05, 0) is 35.7 Å². The largest absolute Gasteiger partial charge is 0.486 e. The Hall–Kier alpha value is -4.12. The van der Waals surface area contributed by atoms with Crippen molar-refractivity contribution in [2.75, 3.05) is 6.61 Å². The maximum atomic E-state index is 14.7. The van der Waals surface area contributed by atoms with Crippen LogP contribution >= 0.6 is 0 Å². The zero-order valence-corrected chi connectivity index (χ0v) is 19.0. The van der Waals surface area contributed by atoms with E-state index >= 15 is 0 Å². The molecular weight excluding hydrogens is 452 g/mol. The van der Waals surface area contributed by atoms with Gasteiger partial charge in [0.25, 0.3) is 0 Å². The second-order valence-electron chi connectivity index (χ2n) is 7.99. The number of hydrogen-bond donors (Lipinski definition) is 0. The monoisotopic (exact) mass is 474 g/mol. The van der Waals surface area contributed by atoms with Gasteiger partial charge in [-0.25, -0.2) is 13.2 Å². The summed E-state index contributed by atoms with van der Waals surface area (Å²) in [5.74, 6) is -4.12. The fourth-order valence-electron chi connectivity index (χ4n) is 3.62. The second kappa shape index (κ2) is 10.4. The molecule has 4 aromatic carbocycles. The third-order valence-corrected chi connectivity index (χ3v) is 5.56. The lowest BCUT2D eigenvalue weighted by atomic mass is 10.0. The van der Waals surface area contributed by atoms with Crippen molar-refractivity contribution in [3.8, 4) is 28.0 Å². The molecule has 0 aliphatic heterocycles. The first-order valence-electron chi connectivity index (χ1n) is 10.9. The minimum atomic E-state index is -1.07. The number of halogens is 4. The second-order valence-corrected chi connectivity index (χ2v) is 7.99. The predicted molar refractivity (Wildman–Crippen MR) is 133 cm³/mol. The van der Waals surface area contributed by atoms with Gasteiger partial charge in [0, 0.05) is 16.7 Å². The van der Waals surface area contributed by atoms with Crippen molar-refractivity contribution < 1.29 is 22.3 Å². The third-order valence-electron chi connectivity index (χ3n) is 5.56. The minimum absolute atomic E-state index is 0.0654. The van der Waals surface area contributed by atoms with Gasteiger partial charge in [0.15, 0.2) is 23.2 Å². The number of ether oxygens (including phenoxy) is 1. The summed E-state index contributed by atoms with van der Waals surface area (Å²) < 4.78 is 63.3. The Morgan fingerprint density at radius 1 is 0.657 bits per heavy atom. The summed E-state index contributed by atoms with van der Waals surface area (Å²) in [6.45, 7) is 5.47. The Bertz CT molecular complexity index is 1390. The topological polar surface area (TPSA) is 9.23 Å². The molecule has 35 heavy (non-hydrogen) atoms. The van der Waals surface area contributed by atoms with Gasteiger partial charge >= 0.3 is 0 Å². The highest BCUT2D eigenvalue weighted by molar-refractivity contribution is 5.74. The van der Waals surface area contributed by atoms with Gasteiger partial charge in [-0.2, -0.15) is 4.39 Å². The molecule has 0 saturated carbocycles. The Balaban J connectivity index is 1.54. The molecule has 0 spiro atoms. The van der Waals surface area contributed by atoms with E-state index in [1.54, 1.807) is 48.5 Å². The Morgan fingerprint density at radius 3 is 1.86 bits per heavy atom. The molecule has 176 valence electrons. The van der Waals surface area contributed by atoms with E-state index in [9.17, 15) is 17.6 Å². The van der Waals surface area contributed by atoms with Gasteiger partial charge in [-0.15, -0.1) is 0 Å². The molecule has 0 heterocycles. The molecule has 0 amide bonds. The van der Waals surface area contributed by atoms with Crippen LogP contribution in [0.1, 0.15) is 16.7 Å². The average Bonchev–Trinajstić information content (AvgIpc) is 2.87. The highest BCUT2D eigenvalue weighted by atomic mass is 19.2. The van der Waals surface area contributed by atoms with Crippen LogP contribution in [0.5, 0.6) is 5.75 Å². The smallest absolute Gasteiger partial charge is 0.201 e. The Morgan fingerprint density at radius 2 is 1.23 bits per heavy atom. The molecule has 0 fully saturated rings. The van der Waals surface area contributed by atoms with Gasteiger partial charge in [0.1, 0.15) is 6.61 Å². The van der Waals surface area contributed by atoms with Crippen molar-refractivity contribution in [2.24, 2.45) is 0 Å². The molecule has 0 unspecified atom stereocenters. The molecule has 0 atom stereocenters. The van der Waals surface area contributed by atoms with Gasteiger partial charge in [-0.3, -0.25) is 0 Å². The van der Waals surface area contributed by atoms with Gasteiger partial charge in [0.2, 0.25) is 5.82 Å². The summed E-state index contributed by atoms with van der Waals surface area (Å²) in [7, 11) is 0. The summed E-state index contributed by atoms with van der Waals surface area (Å²) in [6, 6.07) is 19.7. The maximum Gasteiger partial charge on any atom is 0.201 e. The van der Waals surface area contributed by atoms with Crippen LogP contribution in [-0.2, 0) is 0 Å². The van der Waals surface area contributed by atoms with Crippen molar-refractivity contribution in [2.45, 2.75) is 6.92 Å². The van der Waals surface area contributed by atoms with Crippen molar-refractivity contribution >= 4 is 12.2 Å². The van der Waals surface area contributed by atoms with Crippen LogP contribution < -0.4 is 4.74 Å². The van der Waals surface area contributed by atoms with Crippen LogP contribution in [0.25, 0.3) is 34.4 Å². The highest BCUT2D eigenvalue weighted by Crippen LogP contribution is 2.31. The molecule has 0 aromatic heterocycles. The molecule has 0 radical (unpaired) electrons. The maximum absolute atomic E-state index is 14.7. The summed E-state index contributed by atoms with van der Waals surface area (Å²) in [5.41, 5.74) is 3.16. The van der Waals surface area contributed by atoms with Gasteiger partial charge in [-0.1, -0.05) is 91.0 Å². The predicted octanol–water partition coefficient (Wildman–Crippen LogP) is 8.62. The summed E-state index contributed by atoms with van der Waals surface area (Å²) in [6.07, 6.45) is 4.53. The normalized spacial score (nSPS) is 11.1. The fraction of sp³-hybridized carbons (Fsp3) is 0.0667. The SMILES string of the molecule is C=CCOc1ccc(-c2ccc(/C=C/c3ccc(-c4ccc(C)cc4)c(F)c3F)cc2)c(F)c1F. The quantitative estimate of drug-likeness (QED) is 0.148. The molecule has 4 rings (SSSR count). The molecule has 0 N–H and O–H groups in total. The van der Waals surface area contributed by atoms with E-state index in [4.69, 9.17) is 4.74 Å². The minimum Gasteiger partial charge on any atom is -0.486 e. The summed E-state index contributed by atoms with van der Waals surface area (Å²) in [5, 5.41) is 0. The standard InChI is InChI=1S/C30H22F4O/c1-3-18-35-26-17-16-25(29(33)30(26)34)22-11-6-20(7-12-22)8-13-23-14-15-24(28(32)27(23)31)21-9-4-19(2)5-10-21/h3-17H,1,18H2,2H3/b13-8+. The first kappa shape index (κ1) is 24.0. The lowest BCUT2D eigenvalue weighted by Crippen LogP contribution is -1.99. The molecule has 0 saturated heterocycles. The molecular formula is C30H22F4O. The number of aryl methyl sites for hydroxylation is 1. The van der Waals surface area contributed by atoms with Crippen LogP contribution in [0.3, 0.4) is 0 Å². The molecule has 0 bridgehead atoms. The van der Waals surface area contributed by atoms with E-state index in [0.717, 1.165) is 5.56 Å². The van der Waals surface area contributed by atoms with Crippen LogP contribution in [0.4, 0.5) is 17.6 Å². The number of hydrogen-bond acceptors (Lipinski definition) is 1. The molecule has 4 aromatic rings. The number of benzene rings is 4. The molecule has 0 aliphatic carbocycles. The Labute approximate surface area is 201 Å². The Kier molecular flexibility index (Phi) is 7.16. The summed E-state index contributed by atoms with van der Waals surface area (Å²) >= 11 is 0. The van der Waals surface area contributed by atoms with Crippen LogP contribution in [0.15, 0.2) is 85.5 Å². The van der Waals surface area contributed by atoms with Crippen LogP contribution in [0, 0.1) is 30.2 Å². The van der Waals surface area contributed by atoms with E-state index in [1.807, 2.05) is 19.1 Å². The molecule has 0 aliphatic rings. The zero-order valence-electron chi connectivity index (χ0n) is 19.0. The average molecular weight is 474 g/mol. The van der Waals surface area contributed by atoms with Crippen molar-refractivity contribution in [3.63, 3.8) is 0 Å². The van der Waals surface area contributed by atoms with Crippen molar-refractivity contribution in [1.82, 2.24) is 0 Å². The lowest BCUT2D eigenvalue weighted by Gasteiger charge is -2.09.